The molecule has 4 atom stereocenters. The Morgan fingerprint density at radius 2 is 1.68 bits per heavy atom. The van der Waals surface area contributed by atoms with Crippen LogP contribution in [0.5, 0.6) is 0 Å². The molecule has 1 fully saturated rings. The van der Waals surface area contributed by atoms with E-state index in [-0.39, 0.29) is 10.0 Å². The third-order valence-corrected chi connectivity index (χ3v) is 8.28. The summed E-state index contributed by atoms with van der Waals surface area (Å²) >= 11 is 1.12. The number of carbonyl (C=O) groups is 2. The summed E-state index contributed by atoms with van der Waals surface area (Å²) in [5.41, 5.74) is 6.51. The second kappa shape index (κ2) is 8.33. The largest absolute Gasteiger partial charge is 0.320 e. The van der Waals surface area contributed by atoms with Gasteiger partial charge in [0.05, 0.1) is 22.1 Å². The van der Waals surface area contributed by atoms with Gasteiger partial charge in [-0.2, -0.15) is 0 Å². The van der Waals surface area contributed by atoms with Crippen LogP contribution in [0.4, 0.5) is 5.13 Å². The lowest BCUT2D eigenvalue weighted by atomic mass is 10.1. The molecule has 1 aliphatic carbocycles. The Balaban J connectivity index is 1.77. The normalized spacial score (nSPS) is 21.3. The molecule has 1 aliphatic rings. The monoisotopic (exact) mass is 455 g/mol. The Kier molecular flexibility index (Phi) is 5.74. The van der Waals surface area contributed by atoms with Gasteiger partial charge in [-0.05, 0) is 24.6 Å². The van der Waals surface area contributed by atoms with Crippen LogP contribution in [0, 0.1) is 5.92 Å². The first-order chi connectivity index (χ1) is 14.8. The van der Waals surface area contributed by atoms with Gasteiger partial charge in [0.1, 0.15) is 0 Å². The van der Waals surface area contributed by atoms with E-state index in [9.17, 15) is 18.0 Å². The number of imide groups is 1. The molecule has 3 unspecified atom stereocenters. The maximum absolute atomic E-state index is 13.6. The maximum atomic E-state index is 13.6. The third-order valence-electron chi connectivity index (χ3n) is 5.29. The Hall–Kier alpha value is -2.88. The van der Waals surface area contributed by atoms with Gasteiger partial charge in [0.15, 0.2) is 15.0 Å². The van der Waals surface area contributed by atoms with Gasteiger partial charge in [0.25, 0.3) is 5.91 Å². The summed E-state index contributed by atoms with van der Waals surface area (Å²) in [6.45, 7) is 1.48. The highest BCUT2D eigenvalue weighted by atomic mass is 32.2. The molecule has 31 heavy (non-hydrogen) atoms. The number of anilines is 1. The summed E-state index contributed by atoms with van der Waals surface area (Å²) in [4.78, 5) is 31.5. The molecule has 0 bridgehead atoms. The van der Waals surface area contributed by atoms with Crippen LogP contribution in [0.15, 0.2) is 77.1 Å². The maximum Gasteiger partial charge on any atom is 0.252 e. The van der Waals surface area contributed by atoms with Crippen molar-refractivity contribution in [2.45, 2.75) is 29.0 Å². The molecular formula is C22H21N3O4S2. The van der Waals surface area contributed by atoms with Crippen molar-refractivity contribution in [2.24, 2.45) is 11.7 Å². The summed E-state index contributed by atoms with van der Waals surface area (Å²) in [6.07, 6.45) is 1.48. The molecule has 2 aromatic carbocycles. The average molecular weight is 456 g/mol. The average Bonchev–Trinajstić information content (AvgIpc) is 3.33. The lowest BCUT2D eigenvalue weighted by molar-refractivity contribution is -0.127. The molecule has 0 radical (unpaired) electrons. The Bertz CT molecular complexity index is 1180. The molecule has 7 nitrogen and oxygen atoms in total. The highest BCUT2D eigenvalue weighted by molar-refractivity contribution is 7.92. The highest BCUT2D eigenvalue weighted by Crippen LogP contribution is 2.55. The van der Waals surface area contributed by atoms with Crippen LogP contribution in [0.25, 0.3) is 0 Å². The number of sulfone groups is 1. The highest BCUT2D eigenvalue weighted by Gasteiger charge is 2.64. The summed E-state index contributed by atoms with van der Waals surface area (Å²) in [5, 5.41) is 0.846. The van der Waals surface area contributed by atoms with Gasteiger partial charge in [0.2, 0.25) is 5.91 Å². The number of rotatable bonds is 6. The van der Waals surface area contributed by atoms with E-state index in [1.807, 2.05) is 6.07 Å². The van der Waals surface area contributed by atoms with Crippen LogP contribution < -0.4 is 10.6 Å². The van der Waals surface area contributed by atoms with Gasteiger partial charge in [-0.1, -0.05) is 48.5 Å². The van der Waals surface area contributed by atoms with Gasteiger partial charge >= 0.3 is 0 Å². The van der Waals surface area contributed by atoms with E-state index < -0.39 is 44.8 Å². The van der Waals surface area contributed by atoms with Gasteiger partial charge < -0.3 is 5.73 Å². The van der Waals surface area contributed by atoms with Crippen LogP contribution >= 0.6 is 11.3 Å². The number of hydrogen-bond acceptors (Lipinski definition) is 7. The minimum absolute atomic E-state index is 0.149. The van der Waals surface area contributed by atoms with E-state index in [1.54, 1.807) is 47.8 Å². The molecule has 160 valence electrons. The number of nitrogens with two attached hydrogens (primary N) is 1. The Morgan fingerprint density at radius 1 is 1.06 bits per heavy atom. The van der Waals surface area contributed by atoms with E-state index in [0.29, 0.717) is 0 Å². The number of aromatic nitrogens is 1. The molecule has 9 heteroatoms. The van der Waals surface area contributed by atoms with Crippen LogP contribution in [0.2, 0.25) is 0 Å². The summed E-state index contributed by atoms with van der Waals surface area (Å²) in [6, 6.07) is 16.1. The van der Waals surface area contributed by atoms with Crippen molar-refractivity contribution in [1.29, 1.82) is 0 Å². The quantitative estimate of drug-likeness (QED) is 0.612. The molecule has 2 N–H and O–H groups in total. The van der Waals surface area contributed by atoms with Crippen molar-refractivity contribution in [3.05, 3.63) is 77.8 Å². The summed E-state index contributed by atoms with van der Waals surface area (Å²) < 4.78 is 26.8. The first-order valence-corrected chi connectivity index (χ1v) is 12.1. The number of carbonyl (C=O) groups excluding carboxylic acids is 2. The van der Waals surface area contributed by atoms with E-state index in [1.165, 1.54) is 25.3 Å². The zero-order valence-electron chi connectivity index (χ0n) is 16.7. The fraction of sp³-hybridized carbons (Fsp3) is 0.227. The van der Waals surface area contributed by atoms with Crippen molar-refractivity contribution in [1.82, 2.24) is 4.98 Å². The van der Waals surface area contributed by atoms with Crippen molar-refractivity contribution >= 4 is 38.1 Å². The van der Waals surface area contributed by atoms with Crippen LogP contribution in [0.1, 0.15) is 18.4 Å². The SMILES string of the molecule is C[C@H](N)C(=O)N(C(=O)C1C(c2ccccc2)C1S(=O)(=O)c1ccccc1)c1nccs1. The Morgan fingerprint density at radius 3 is 2.23 bits per heavy atom. The second-order valence-electron chi connectivity index (χ2n) is 7.40. The topological polar surface area (TPSA) is 110 Å². The number of hydrogen-bond donors (Lipinski definition) is 1. The number of benzene rings is 2. The smallest absolute Gasteiger partial charge is 0.252 e. The van der Waals surface area contributed by atoms with Crippen molar-refractivity contribution in [2.75, 3.05) is 4.90 Å². The minimum Gasteiger partial charge on any atom is -0.320 e. The van der Waals surface area contributed by atoms with Crippen LogP contribution in [-0.2, 0) is 19.4 Å². The lowest BCUT2D eigenvalue weighted by Crippen LogP contribution is -2.47. The van der Waals surface area contributed by atoms with Gasteiger partial charge in [0, 0.05) is 17.5 Å². The number of thiazole rings is 1. The molecule has 3 aromatic rings. The summed E-state index contributed by atoms with van der Waals surface area (Å²) in [7, 11) is -3.81. The predicted octanol–water partition coefficient (Wildman–Crippen LogP) is 2.61. The molecule has 0 spiro atoms. The van der Waals surface area contributed by atoms with Gasteiger partial charge in [-0.3, -0.25) is 9.59 Å². The molecule has 1 saturated carbocycles. The van der Waals surface area contributed by atoms with Crippen LogP contribution in [-0.4, -0.2) is 36.5 Å². The van der Waals surface area contributed by atoms with Crippen molar-refractivity contribution < 1.29 is 18.0 Å². The molecule has 1 heterocycles. The van der Waals surface area contributed by atoms with E-state index in [0.717, 1.165) is 21.8 Å². The minimum atomic E-state index is -3.81. The fourth-order valence-electron chi connectivity index (χ4n) is 3.78. The van der Waals surface area contributed by atoms with Crippen LogP contribution in [0.3, 0.4) is 0 Å². The number of amides is 2. The van der Waals surface area contributed by atoms with E-state index in [4.69, 9.17) is 5.73 Å². The molecule has 0 saturated heterocycles. The molecule has 1 aromatic heterocycles. The van der Waals surface area contributed by atoms with E-state index >= 15 is 0 Å². The third kappa shape index (κ3) is 3.91. The fourth-order valence-corrected chi connectivity index (χ4v) is 6.57. The first-order valence-electron chi connectivity index (χ1n) is 9.71. The summed E-state index contributed by atoms with van der Waals surface area (Å²) in [5.74, 6) is -2.70. The second-order valence-corrected chi connectivity index (χ2v) is 10.4. The predicted molar refractivity (Wildman–Crippen MR) is 118 cm³/mol. The molecule has 4 rings (SSSR count). The molecule has 2 amide bonds. The van der Waals surface area contributed by atoms with Crippen molar-refractivity contribution in [3.8, 4) is 0 Å². The van der Waals surface area contributed by atoms with Gasteiger partial charge in [-0.25, -0.2) is 18.3 Å². The zero-order chi connectivity index (χ0) is 22.2. The number of nitrogens with zero attached hydrogens (tertiary/aromatic N) is 2. The Labute approximate surface area is 184 Å². The zero-order valence-corrected chi connectivity index (χ0v) is 18.3. The molecular weight excluding hydrogens is 434 g/mol. The van der Waals surface area contributed by atoms with Crippen molar-refractivity contribution in [3.63, 3.8) is 0 Å². The lowest BCUT2D eigenvalue weighted by Gasteiger charge is -2.20. The standard InChI is InChI=1S/C22H21N3O4S2/c1-14(23)20(26)25(22-24-12-13-30-22)21(27)18-17(15-8-4-2-5-9-15)19(18)31(28,29)16-10-6-3-7-11-16/h2-14,17-19H,23H2,1H3/t14-,17?,18?,19?/m0/s1. The molecule has 0 aliphatic heterocycles. The van der Waals surface area contributed by atoms with Gasteiger partial charge in [-0.15, -0.1) is 11.3 Å². The van der Waals surface area contributed by atoms with E-state index in [2.05, 4.69) is 4.98 Å². The first kappa shape index (κ1) is 21.4.